The minimum absolute atomic E-state index is 0.0692. The second-order valence-electron chi connectivity index (χ2n) is 5.27. The molecule has 0 bridgehead atoms. The molecule has 19 heavy (non-hydrogen) atoms. The van der Waals surface area contributed by atoms with Crippen LogP contribution in [0.1, 0.15) is 12.8 Å². The molecule has 0 unspecified atom stereocenters. The number of nitrogens with zero attached hydrogens (tertiary/aromatic N) is 2. The molecule has 3 rings (SSSR count). The number of carbonyl (C=O) groups is 1. The lowest BCUT2D eigenvalue weighted by atomic mass is 10.1. The number of anilines is 2. The molecule has 1 heterocycles. The molecule has 1 N–H and O–H groups in total. The summed E-state index contributed by atoms with van der Waals surface area (Å²) in [7, 11) is 1.96. The molecule has 5 nitrogen and oxygen atoms in total. The Morgan fingerprint density at radius 3 is 3.00 bits per heavy atom. The van der Waals surface area contributed by atoms with Gasteiger partial charge in [-0.3, -0.25) is 4.79 Å². The van der Waals surface area contributed by atoms with Gasteiger partial charge in [-0.1, -0.05) is 0 Å². The normalized spacial score (nSPS) is 18.6. The molecule has 1 amide bonds. The van der Waals surface area contributed by atoms with Crippen LogP contribution in [0.4, 0.5) is 11.4 Å². The van der Waals surface area contributed by atoms with Crippen molar-refractivity contribution in [1.82, 2.24) is 0 Å². The highest BCUT2D eigenvalue weighted by Crippen LogP contribution is 2.46. The fourth-order valence-corrected chi connectivity index (χ4v) is 2.31. The third kappa shape index (κ3) is 2.22. The van der Waals surface area contributed by atoms with E-state index in [4.69, 9.17) is 10.00 Å². The lowest BCUT2D eigenvalue weighted by molar-refractivity contribution is -0.118. The summed E-state index contributed by atoms with van der Waals surface area (Å²) in [5.41, 5.74) is 1.50. The van der Waals surface area contributed by atoms with Crippen LogP contribution in [-0.2, 0) is 4.79 Å². The molecule has 0 aromatic heterocycles. The van der Waals surface area contributed by atoms with Crippen molar-refractivity contribution in [2.24, 2.45) is 5.41 Å². The number of carbonyl (C=O) groups excluding carboxylic acids is 1. The third-order valence-electron chi connectivity index (χ3n) is 3.67. The number of fused-ring (bicyclic) bond motifs is 1. The molecule has 1 aromatic carbocycles. The van der Waals surface area contributed by atoms with E-state index >= 15 is 0 Å². The Kier molecular flexibility index (Phi) is 2.59. The van der Waals surface area contributed by atoms with Gasteiger partial charge in [-0.2, -0.15) is 5.26 Å². The largest absolute Gasteiger partial charge is 0.482 e. The predicted octanol–water partition coefficient (Wildman–Crippen LogP) is 1.76. The summed E-state index contributed by atoms with van der Waals surface area (Å²) in [5, 5.41) is 11.9. The third-order valence-corrected chi connectivity index (χ3v) is 3.67. The Labute approximate surface area is 111 Å². The van der Waals surface area contributed by atoms with Gasteiger partial charge in [0.25, 0.3) is 5.91 Å². The summed E-state index contributed by atoms with van der Waals surface area (Å²) in [4.78, 5) is 13.4. The molecule has 0 atom stereocenters. The monoisotopic (exact) mass is 257 g/mol. The summed E-state index contributed by atoms with van der Waals surface area (Å²) < 4.78 is 5.32. The Hall–Kier alpha value is -2.22. The van der Waals surface area contributed by atoms with E-state index in [0.717, 1.165) is 25.1 Å². The Morgan fingerprint density at radius 2 is 2.32 bits per heavy atom. The molecular formula is C14H15N3O2. The van der Waals surface area contributed by atoms with E-state index < -0.39 is 0 Å². The van der Waals surface area contributed by atoms with Crippen LogP contribution in [0.3, 0.4) is 0 Å². The maximum Gasteiger partial charge on any atom is 0.262 e. The Morgan fingerprint density at radius 1 is 1.53 bits per heavy atom. The number of benzene rings is 1. The fourth-order valence-electron chi connectivity index (χ4n) is 2.31. The van der Waals surface area contributed by atoms with Crippen LogP contribution >= 0.6 is 0 Å². The molecule has 1 fully saturated rings. The minimum Gasteiger partial charge on any atom is -0.482 e. The van der Waals surface area contributed by atoms with E-state index in [1.54, 1.807) is 0 Å². The van der Waals surface area contributed by atoms with Gasteiger partial charge in [0, 0.05) is 19.3 Å². The van der Waals surface area contributed by atoms with Gasteiger partial charge in [0.15, 0.2) is 6.61 Å². The van der Waals surface area contributed by atoms with Crippen molar-refractivity contribution in [3.8, 4) is 11.8 Å². The number of ether oxygens (including phenoxy) is 1. The number of hydrogen-bond donors (Lipinski definition) is 1. The second kappa shape index (κ2) is 4.16. The smallest absolute Gasteiger partial charge is 0.262 e. The zero-order valence-electron chi connectivity index (χ0n) is 10.8. The maximum atomic E-state index is 11.3. The quantitative estimate of drug-likeness (QED) is 0.896. The van der Waals surface area contributed by atoms with Gasteiger partial charge in [-0.25, -0.2) is 0 Å². The highest BCUT2D eigenvalue weighted by atomic mass is 16.5. The van der Waals surface area contributed by atoms with Crippen molar-refractivity contribution in [3.05, 3.63) is 18.2 Å². The van der Waals surface area contributed by atoms with E-state index in [1.807, 2.05) is 25.2 Å². The summed E-state index contributed by atoms with van der Waals surface area (Å²) in [5.74, 6) is 0.557. The van der Waals surface area contributed by atoms with Crippen molar-refractivity contribution in [1.29, 1.82) is 5.26 Å². The maximum absolute atomic E-state index is 11.3. The first kappa shape index (κ1) is 11.8. The minimum atomic E-state index is -0.176. The van der Waals surface area contributed by atoms with Crippen LogP contribution in [0.25, 0.3) is 0 Å². The molecule has 1 aliphatic carbocycles. The van der Waals surface area contributed by atoms with E-state index in [2.05, 4.69) is 16.3 Å². The fraction of sp³-hybridized carbons (Fsp3) is 0.429. The SMILES string of the molecule is CN(CC1(C#N)CC1)c1ccc2c(c1)NC(=O)CO2. The van der Waals surface area contributed by atoms with Crippen LogP contribution in [0.5, 0.6) is 5.75 Å². The summed E-state index contributed by atoms with van der Waals surface area (Å²) in [6, 6.07) is 8.08. The van der Waals surface area contributed by atoms with Crippen molar-refractivity contribution in [3.63, 3.8) is 0 Å². The first-order chi connectivity index (χ1) is 9.12. The Balaban J connectivity index is 1.80. The molecule has 0 saturated heterocycles. The highest BCUT2D eigenvalue weighted by molar-refractivity contribution is 5.96. The predicted molar refractivity (Wildman–Crippen MR) is 71.1 cm³/mol. The van der Waals surface area contributed by atoms with Gasteiger partial charge in [0.1, 0.15) is 5.75 Å². The lowest BCUT2D eigenvalue weighted by Crippen LogP contribution is -2.27. The zero-order valence-corrected chi connectivity index (χ0v) is 10.8. The standard InChI is InChI=1S/C14H15N3O2/c1-17(9-14(8-15)4-5-14)10-2-3-12-11(6-10)16-13(18)7-19-12/h2-3,6H,4-5,7,9H2,1H3,(H,16,18). The molecule has 0 spiro atoms. The average molecular weight is 257 g/mol. The number of nitriles is 1. The Bertz CT molecular complexity index is 573. The summed E-state index contributed by atoms with van der Waals surface area (Å²) >= 11 is 0. The first-order valence-electron chi connectivity index (χ1n) is 6.31. The van der Waals surface area contributed by atoms with E-state index in [1.165, 1.54) is 0 Å². The lowest BCUT2D eigenvalue weighted by Gasteiger charge is -2.24. The van der Waals surface area contributed by atoms with E-state index in [-0.39, 0.29) is 17.9 Å². The number of hydrogen-bond acceptors (Lipinski definition) is 4. The highest BCUT2D eigenvalue weighted by Gasteiger charge is 2.44. The van der Waals surface area contributed by atoms with Crippen molar-refractivity contribution in [2.75, 3.05) is 30.4 Å². The van der Waals surface area contributed by atoms with E-state index in [0.29, 0.717) is 11.4 Å². The first-order valence-corrected chi connectivity index (χ1v) is 6.31. The molecule has 1 saturated carbocycles. The van der Waals surface area contributed by atoms with Gasteiger partial charge in [0.05, 0.1) is 17.2 Å². The van der Waals surface area contributed by atoms with Crippen LogP contribution in [0.2, 0.25) is 0 Å². The van der Waals surface area contributed by atoms with Gasteiger partial charge >= 0.3 is 0 Å². The molecular weight excluding hydrogens is 242 g/mol. The van der Waals surface area contributed by atoms with Gasteiger partial charge in [-0.05, 0) is 31.0 Å². The van der Waals surface area contributed by atoms with Crippen LogP contribution in [0, 0.1) is 16.7 Å². The van der Waals surface area contributed by atoms with Crippen molar-refractivity contribution in [2.45, 2.75) is 12.8 Å². The number of nitrogens with one attached hydrogen (secondary N) is 1. The van der Waals surface area contributed by atoms with Crippen molar-refractivity contribution < 1.29 is 9.53 Å². The van der Waals surface area contributed by atoms with Gasteiger partial charge in [-0.15, -0.1) is 0 Å². The topological polar surface area (TPSA) is 65.4 Å². The average Bonchev–Trinajstić information content (AvgIpc) is 3.18. The molecule has 0 radical (unpaired) electrons. The zero-order chi connectivity index (χ0) is 13.5. The van der Waals surface area contributed by atoms with Crippen molar-refractivity contribution >= 4 is 17.3 Å². The van der Waals surface area contributed by atoms with Crippen LogP contribution in [0.15, 0.2) is 18.2 Å². The van der Waals surface area contributed by atoms with Crippen LogP contribution < -0.4 is 15.0 Å². The molecule has 2 aliphatic rings. The number of amides is 1. The molecule has 98 valence electrons. The summed E-state index contributed by atoms with van der Waals surface area (Å²) in [6.07, 6.45) is 1.94. The molecule has 1 aromatic rings. The summed E-state index contributed by atoms with van der Waals surface area (Å²) in [6.45, 7) is 0.789. The second-order valence-corrected chi connectivity index (χ2v) is 5.27. The van der Waals surface area contributed by atoms with E-state index in [9.17, 15) is 4.79 Å². The van der Waals surface area contributed by atoms with Crippen LogP contribution in [-0.4, -0.2) is 26.1 Å². The number of rotatable bonds is 3. The molecule has 5 heteroatoms. The van der Waals surface area contributed by atoms with Gasteiger partial charge in [0.2, 0.25) is 0 Å². The van der Waals surface area contributed by atoms with Gasteiger partial charge < -0.3 is 15.0 Å². The molecule has 1 aliphatic heterocycles.